The lowest BCUT2D eigenvalue weighted by molar-refractivity contribution is -0.137. The van der Waals surface area contributed by atoms with E-state index in [1.807, 2.05) is 0 Å². The van der Waals surface area contributed by atoms with Crippen molar-refractivity contribution in [2.75, 3.05) is 0 Å². The fourth-order valence-corrected chi connectivity index (χ4v) is 2.54. The van der Waals surface area contributed by atoms with Crippen molar-refractivity contribution in [3.05, 3.63) is 29.3 Å². The lowest BCUT2D eigenvalue weighted by Gasteiger charge is -2.06. The lowest BCUT2D eigenvalue weighted by Crippen LogP contribution is -2.20. The maximum Gasteiger partial charge on any atom is 0.416 e. The van der Waals surface area contributed by atoms with Gasteiger partial charge in [-0.3, -0.25) is 4.79 Å². The highest BCUT2D eigenvalue weighted by atomic mass is 32.2. The normalized spacial score (nSPS) is 18.1. The van der Waals surface area contributed by atoms with E-state index in [2.05, 4.69) is 0 Å². The molecule has 1 aliphatic rings. The van der Waals surface area contributed by atoms with E-state index in [1.165, 1.54) is 0 Å². The topological polar surface area (TPSA) is 63.2 Å². The smallest absolute Gasteiger partial charge is 0.268 e. The third kappa shape index (κ3) is 1.54. The highest BCUT2D eigenvalue weighted by Gasteiger charge is 2.37. The molecular formula is C8H4F3NO3S. The number of benzene rings is 1. The van der Waals surface area contributed by atoms with Crippen molar-refractivity contribution in [2.45, 2.75) is 11.1 Å². The number of halogens is 3. The predicted octanol–water partition coefficient (Wildman–Crippen LogP) is 1.14. The van der Waals surface area contributed by atoms with E-state index in [1.54, 1.807) is 4.72 Å². The molecule has 4 nitrogen and oxygen atoms in total. The average molecular weight is 251 g/mol. The first-order valence-electron chi connectivity index (χ1n) is 4.00. The summed E-state index contributed by atoms with van der Waals surface area (Å²) in [6, 6.07) is 1.96. The lowest BCUT2D eigenvalue weighted by atomic mass is 10.1. The van der Waals surface area contributed by atoms with Crippen LogP contribution < -0.4 is 4.72 Å². The van der Waals surface area contributed by atoms with Gasteiger partial charge in [0, 0.05) is 0 Å². The maximum atomic E-state index is 12.3. The first kappa shape index (κ1) is 10.9. The van der Waals surface area contributed by atoms with Gasteiger partial charge in [0.05, 0.1) is 11.1 Å². The van der Waals surface area contributed by atoms with Crippen molar-refractivity contribution in [3.8, 4) is 0 Å². The van der Waals surface area contributed by atoms with Crippen LogP contribution in [0.25, 0.3) is 0 Å². The monoisotopic (exact) mass is 251 g/mol. The standard InChI is InChI=1S/C8H4F3NO3S/c9-8(10,11)4-1-2-5-6(3-4)16(14,15)12-7(5)13/h1-3H,(H,12,13). The van der Waals surface area contributed by atoms with Crippen LogP contribution in [0.1, 0.15) is 15.9 Å². The van der Waals surface area contributed by atoms with Gasteiger partial charge in [-0.25, -0.2) is 13.1 Å². The summed E-state index contributed by atoms with van der Waals surface area (Å²) < 4.78 is 61.0. The van der Waals surface area contributed by atoms with Crippen molar-refractivity contribution >= 4 is 15.9 Å². The zero-order valence-corrected chi connectivity index (χ0v) is 8.32. The summed E-state index contributed by atoms with van der Waals surface area (Å²) in [4.78, 5) is 10.4. The summed E-state index contributed by atoms with van der Waals surface area (Å²) in [7, 11) is -4.14. The minimum atomic E-state index is -4.64. The first-order valence-corrected chi connectivity index (χ1v) is 5.48. The second-order valence-electron chi connectivity index (χ2n) is 3.14. The number of rotatable bonds is 0. The number of amides is 1. The van der Waals surface area contributed by atoms with Gasteiger partial charge in [-0.2, -0.15) is 13.2 Å². The van der Waals surface area contributed by atoms with Crippen LogP contribution in [-0.2, 0) is 16.2 Å². The Bertz CT molecular complexity index is 577. The highest BCUT2D eigenvalue weighted by molar-refractivity contribution is 7.90. The zero-order chi connectivity index (χ0) is 12.1. The van der Waals surface area contributed by atoms with Crippen molar-refractivity contribution in [1.82, 2.24) is 4.72 Å². The van der Waals surface area contributed by atoms with Crippen LogP contribution in [-0.4, -0.2) is 14.3 Å². The Morgan fingerprint density at radius 1 is 1.19 bits per heavy atom. The summed E-state index contributed by atoms with van der Waals surface area (Å²) in [6.45, 7) is 0. The molecule has 0 saturated carbocycles. The molecule has 16 heavy (non-hydrogen) atoms. The van der Waals surface area contributed by atoms with Crippen molar-refractivity contribution in [1.29, 1.82) is 0 Å². The molecule has 86 valence electrons. The molecule has 0 radical (unpaired) electrons. The van der Waals surface area contributed by atoms with Crippen molar-refractivity contribution in [3.63, 3.8) is 0 Å². The average Bonchev–Trinajstić information content (AvgIpc) is 2.36. The Labute approximate surface area is 88.1 Å². The molecule has 1 heterocycles. The summed E-state index contributed by atoms with van der Waals surface area (Å²) >= 11 is 0. The molecule has 0 fully saturated rings. The Morgan fingerprint density at radius 3 is 2.38 bits per heavy atom. The fourth-order valence-electron chi connectivity index (χ4n) is 1.34. The molecule has 0 unspecified atom stereocenters. The molecule has 0 aromatic heterocycles. The van der Waals surface area contributed by atoms with Crippen LogP contribution in [0.4, 0.5) is 13.2 Å². The van der Waals surface area contributed by atoms with Gasteiger partial charge < -0.3 is 0 Å². The summed E-state index contributed by atoms with van der Waals surface area (Å²) in [5, 5.41) is 0. The Balaban J connectivity index is 2.69. The summed E-state index contributed by atoms with van der Waals surface area (Å²) in [6.07, 6.45) is -4.64. The molecule has 0 saturated heterocycles. The second-order valence-corrected chi connectivity index (χ2v) is 4.79. The van der Waals surface area contributed by atoms with Gasteiger partial charge in [-0.1, -0.05) is 0 Å². The molecule has 1 aliphatic heterocycles. The Kier molecular flexibility index (Phi) is 2.03. The van der Waals surface area contributed by atoms with Crippen molar-refractivity contribution < 1.29 is 26.4 Å². The number of hydrogen-bond donors (Lipinski definition) is 1. The molecule has 1 aromatic carbocycles. The zero-order valence-electron chi connectivity index (χ0n) is 7.50. The van der Waals surface area contributed by atoms with E-state index < -0.39 is 32.6 Å². The molecule has 0 spiro atoms. The Morgan fingerprint density at radius 2 is 1.81 bits per heavy atom. The molecule has 0 aliphatic carbocycles. The number of alkyl halides is 3. The first-order chi connectivity index (χ1) is 7.22. The molecule has 1 amide bonds. The van der Waals surface area contributed by atoms with Crippen LogP contribution in [0.3, 0.4) is 0 Å². The highest BCUT2D eigenvalue weighted by Crippen LogP contribution is 2.33. The van der Waals surface area contributed by atoms with Crippen LogP contribution in [0.5, 0.6) is 0 Å². The van der Waals surface area contributed by atoms with Gasteiger partial charge in [-0.15, -0.1) is 0 Å². The molecule has 1 aromatic rings. The molecule has 2 rings (SSSR count). The van der Waals surface area contributed by atoms with Crippen molar-refractivity contribution in [2.24, 2.45) is 0 Å². The minimum absolute atomic E-state index is 0.270. The second kappa shape index (κ2) is 2.97. The van der Waals surface area contributed by atoms with E-state index >= 15 is 0 Å². The molecule has 1 N–H and O–H groups in total. The van der Waals surface area contributed by atoms with E-state index in [9.17, 15) is 26.4 Å². The van der Waals surface area contributed by atoms with Crippen LogP contribution in [0.2, 0.25) is 0 Å². The van der Waals surface area contributed by atoms with Crippen LogP contribution >= 0.6 is 0 Å². The number of carbonyl (C=O) groups excluding carboxylic acids is 1. The predicted molar refractivity (Wildman–Crippen MR) is 46.1 cm³/mol. The SMILES string of the molecule is O=C1NS(=O)(=O)c2cc(C(F)(F)F)ccc21. The number of carbonyl (C=O) groups is 1. The van der Waals surface area contributed by atoms with Crippen LogP contribution in [0, 0.1) is 0 Å². The maximum absolute atomic E-state index is 12.3. The van der Waals surface area contributed by atoms with Gasteiger partial charge in [0.2, 0.25) is 0 Å². The van der Waals surface area contributed by atoms with E-state index in [0.29, 0.717) is 12.1 Å². The molecule has 0 atom stereocenters. The van der Waals surface area contributed by atoms with Gasteiger partial charge in [0.25, 0.3) is 15.9 Å². The third-order valence-corrected chi connectivity index (χ3v) is 3.44. The van der Waals surface area contributed by atoms with E-state index in [-0.39, 0.29) is 5.56 Å². The van der Waals surface area contributed by atoms with Gasteiger partial charge in [0.15, 0.2) is 0 Å². The number of fused-ring (bicyclic) bond motifs is 1. The summed E-state index contributed by atoms with van der Waals surface area (Å²) in [5.74, 6) is -0.913. The largest absolute Gasteiger partial charge is 0.416 e. The number of sulfonamides is 1. The third-order valence-electron chi connectivity index (χ3n) is 2.07. The van der Waals surface area contributed by atoms with Gasteiger partial charge in [-0.05, 0) is 18.2 Å². The summed E-state index contributed by atoms with van der Waals surface area (Å²) in [5.41, 5.74) is -1.38. The van der Waals surface area contributed by atoms with E-state index in [0.717, 1.165) is 6.07 Å². The van der Waals surface area contributed by atoms with E-state index in [4.69, 9.17) is 0 Å². The fraction of sp³-hybridized carbons (Fsp3) is 0.125. The molecular weight excluding hydrogens is 247 g/mol. The molecule has 8 heteroatoms. The number of hydrogen-bond acceptors (Lipinski definition) is 3. The van der Waals surface area contributed by atoms with Gasteiger partial charge in [0.1, 0.15) is 4.90 Å². The van der Waals surface area contributed by atoms with Gasteiger partial charge >= 0.3 is 6.18 Å². The van der Waals surface area contributed by atoms with Crippen LogP contribution in [0.15, 0.2) is 23.1 Å². The Hall–Kier alpha value is -1.57. The molecule has 0 bridgehead atoms. The quantitative estimate of drug-likeness (QED) is 0.752. The minimum Gasteiger partial charge on any atom is -0.268 e. The number of nitrogens with one attached hydrogen (secondary N) is 1.